The first-order chi connectivity index (χ1) is 13.7. The number of carbonyl (C=O) groups is 2. The summed E-state index contributed by atoms with van der Waals surface area (Å²) < 4.78 is 4.85. The molecule has 2 aromatic carbocycles. The third-order valence-corrected chi connectivity index (χ3v) is 6.10. The Morgan fingerprint density at radius 1 is 1.18 bits per heavy atom. The minimum absolute atomic E-state index is 0.0561. The first kappa shape index (κ1) is 17.0. The number of piperidine rings is 1. The van der Waals surface area contributed by atoms with Crippen LogP contribution in [0.3, 0.4) is 0 Å². The van der Waals surface area contributed by atoms with Crippen molar-refractivity contribution in [3.05, 3.63) is 65.0 Å². The highest BCUT2D eigenvalue weighted by molar-refractivity contribution is 5.97. The van der Waals surface area contributed by atoms with Gasteiger partial charge >= 0.3 is 5.97 Å². The molecule has 0 saturated carbocycles. The van der Waals surface area contributed by atoms with E-state index in [-0.39, 0.29) is 17.9 Å². The molecule has 2 aliphatic rings. The number of esters is 1. The molecule has 1 aliphatic heterocycles. The number of ether oxygens (including phenoxy) is 1. The first-order valence-corrected chi connectivity index (χ1v) is 9.61. The van der Waals surface area contributed by atoms with Gasteiger partial charge in [-0.15, -0.1) is 0 Å². The van der Waals surface area contributed by atoms with Crippen LogP contribution in [0, 0.1) is 0 Å². The number of amides is 1. The number of methoxy groups -OCH3 is 1. The highest BCUT2D eigenvalue weighted by Gasteiger charge is 2.41. The van der Waals surface area contributed by atoms with Crippen LogP contribution >= 0.6 is 0 Å². The molecular weight excluding hydrogens is 354 g/mol. The van der Waals surface area contributed by atoms with Gasteiger partial charge in [0.15, 0.2) is 0 Å². The van der Waals surface area contributed by atoms with E-state index < -0.39 is 0 Å². The SMILES string of the molecule is COC(=O)c1ccc2c(c1)CC1C2CCCN1C(=O)c1ccc2[nH]cnc2c1. The van der Waals surface area contributed by atoms with Crippen molar-refractivity contribution in [2.24, 2.45) is 0 Å². The van der Waals surface area contributed by atoms with Crippen molar-refractivity contribution < 1.29 is 14.3 Å². The summed E-state index contributed by atoms with van der Waals surface area (Å²) in [5.74, 6) is 0.0621. The van der Waals surface area contributed by atoms with E-state index in [0.29, 0.717) is 17.0 Å². The topological polar surface area (TPSA) is 75.3 Å². The molecule has 6 nitrogen and oxygen atoms in total. The number of nitrogens with zero attached hydrogens (tertiary/aromatic N) is 2. The van der Waals surface area contributed by atoms with E-state index >= 15 is 0 Å². The van der Waals surface area contributed by atoms with Gasteiger partial charge in [-0.25, -0.2) is 9.78 Å². The summed E-state index contributed by atoms with van der Waals surface area (Å²) in [5.41, 5.74) is 5.39. The summed E-state index contributed by atoms with van der Waals surface area (Å²) in [7, 11) is 1.39. The van der Waals surface area contributed by atoms with Crippen molar-refractivity contribution >= 4 is 22.9 Å². The molecule has 5 rings (SSSR count). The molecule has 0 radical (unpaired) electrons. The molecule has 3 aromatic rings. The van der Waals surface area contributed by atoms with Gasteiger partial charge in [0.1, 0.15) is 0 Å². The van der Waals surface area contributed by atoms with Crippen molar-refractivity contribution in [2.75, 3.05) is 13.7 Å². The van der Waals surface area contributed by atoms with E-state index in [4.69, 9.17) is 4.74 Å². The maximum absolute atomic E-state index is 13.3. The molecule has 1 aromatic heterocycles. The zero-order chi connectivity index (χ0) is 19.3. The van der Waals surface area contributed by atoms with Crippen LogP contribution in [-0.2, 0) is 11.2 Å². The number of likely N-dealkylation sites (tertiary alicyclic amines) is 1. The largest absolute Gasteiger partial charge is 0.465 e. The van der Waals surface area contributed by atoms with Crippen molar-refractivity contribution in [3.8, 4) is 0 Å². The number of aromatic nitrogens is 2. The van der Waals surface area contributed by atoms with Gasteiger partial charge in [-0.2, -0.15) is 0 Å². The van der Waals surface area contributed by atoms with Crippen LogP contribution in [0.2, 0.25) is 0 Å². The number of H-pyrrole nitrogens is 1. The van der Waals surface area contributed by atoms with Crippen molar-refractivity contribution in [1.29, 1.82) is 0 Å². The molecular formula is C22H21N3O3. The molecule has 1 aliphatic carbocycles. The average molecular weight is 375 g/mol. The van der Waals surface area contributed by atoms with Gasteiger partial charge in [0.25, 0.3) is 5.91 Å². The zero-order valence-electron chi connectivity index (χ0n) is 15.6. The summed E-state index contributed by atoms with van der Waals surface area (Å²) in [5, 5.41) is 0. The van der Waals surface area contributed by atoms with Crippen LogP contribution in [0.4, 0.5) is 0 Å². The number of nitrogens with one attached hydrogen (secondary N) is 1. The van der Waals surface area contributed by atoms with E-state index in [1.165, 1.54) is 12.7 Å². The standard InChI is InChI=1S/C22H21N3O3/c1-28-22(27)14-4-6-16-15(9-14)11-20-17(16)3-2-8-25(20)21(26)13-5-7-18-19(10-13)24-12-23-18/h4-7,9-10,12,17,20H,2-3,8,11H2,1H3,(H,23,24). The Kier molecular flexibility index (Phi) is 3.93. The molecule has 0 spiro atoms. The number of hydrogen-bond donors (Lipinski definition) is 1. The van der Waals surface area contributed by atoms with E-state index in [1.54, 1.807) is 6.33 Å². The van der Waals surface area contributed by atoms with Crippen LogP contribution in [0.15, 0.2) is 42.7 Å². The highest BCUT2D eigenvalue weighted by Crippen LogP contribution is 2.43. The van der Waals surface area contributed by atoms with E-state index in [2.05, 4.69) is 9.97 Å². The maximum atomic E-state index is 13.3. The molecule has 28 heavy (non-hydrogen) atoms. The second kappa shape index (κ2) is 6.48. The lowest BCUT2D eigenvalue weighted by Crippen LogP contribution is -2.46. The predicted octanol–water partition coefficient (Wildman–Crippen LogP) is 3.29. The number of hydrogen-bond acceptors (Lipinski definition) is 4. The number of imidazole rings is 1. The normalized spacial score (nSPS) is 20.7. The number of aromatic amines is 1. The van der Waals surface area contributed by atoms with E-state index in [0.717, 1.165) is 42.4 Å². The lowest BCUT2D eigenvalue weighted by molar-refractivity contribution is 0.0588. The van der Waals surface area contributed by atoms with Gasteiger partial charge < -0.3 is 14.6 Å². The minimum atomic E-state index is -0.321. The van der Waals surface area contributed by atoms with Crippen LogP contribution in [0.5, 0.6) is 0 Å². The predicted molar refractivity (Wildman–Crippen MR) is 104 cm³/mol. The number of rotatable bonds is 2. The number of fused-ring (bicyclic) bond motifs is 4. The lowest BCUT2D eigenvalue weighted by Gasteiger charge is -2.38. The molecule has 2 unspecified atom stereocenters. The fourth-order valence-electron chi connectivity index (χ4n) is 4.77. The van der Waals surface area contributed by atoms with Crippen LogP contribution in [0.1, 0.15) is 50.6 Å². The number of benzene rings is 2. The fraction of sp³-hybridized carbons (Fsp3) is 0.318. The van der Waals surface area contributed by atoms with Crippen molar-refractivity contribution in [3.63, 3.8) is 0 Å². The van der Waals surface area contributed by atoms with Crippen LogP contribution < -0.4 is 0 Å². The summed E-state index contributed by atoms with van der Waals surface area (Å²) in [6.45, 7) is 0.760. The van der Waals surface area contributed by atoms with Gasteiger partial charge in [0, 0.05) is 24.1 Å². The van der Waals surface area contributed by atoms with Crippen molar-refractivity contribution in [1.82, 2.24) is 14.9 Å². The van der Waals surface area contributed by atoms with Crippen molar-refractivity contribution in [2.45, 2.75) is 31.2 Å². The smallest absolute Gasteiger partial charge is 0.337 e. The first-order valence-electron chi connectivity index (χ1n) is 9.61. The Balaban J connectivity index is 1.45. The number of carbonyl (C=O) groups excluding carboxylic acids is 2. The van der Waals surface area contributed by atoms with Gasteiger partial charge in [-0.3, -0.25) is 4.79 Å². The molecule has 2 heterocycles. The van der Waals surface area contributed by atoms with E-state index in [9.17, 15) is 9.59 Å². The van der Waals surface area contributed by atoms with Gasteiger partial charge in [0.2, 0.25) is 0 Å². The molecule has 1 N–H and O–H groups in total. The third kappa shape index (κ3) is 2.59. The Labute approximate surface area is 162 Å². The highest BCUT2D eigenvalue weighted by atomic mass is 16.5. The van der Waals surface area contributed by atoms with Crippen LogP contribution in [0.25, 0.3) is 11.0 Å². The summed E-state index contributed by atoms with van der Waals surface area (Å²) in [6.07, 6.45) is 4.47. The zero-order valence-corrected chi connectivity index (χ0v) is 15.6. The fourth-order valence-corrected chi connectivity index (χ4v) is 4.77. The third-order valence-electron chi connectivity index (χ3n) is 6.10. The molecule has 0 bridgehead atoms. The molecule has 2 atom stereocenters. The molecule has 1 saturated heterocycles. The Morgan fingerprint density at radius 3 is 2.89 bits per heavy atom. The van der Waals surface area contributed by atoms with E-state index in [1.807, 2.05) is 41.3 Å². The molecule has 1 fully saturated rings. The Bertz CT molecular complexity index is 1090. The average Bonchev–Trinajstić information content (AvgIpc) is 3.35. The lowest BCUT2D eigenvalue weighted by atomic mass is 9.88. The quantitative estimate of drug-likeness (QED) is 0.698. The monoisotopic (exact) mass is 375 g/mol. The summed E-state index contributed by atoms with van der Waals surface area (Å²) in [6, 6.07) is 11.6. The van der Waals surface area contributed by atoms with Gasteiger partial charge in [0.05, 0.1) is 30.0 Å². The van der Waals surface area contributed by atoms with Gasteiger partial charge in [-0.05, 0) is 60.7 Å². The second-order valence-electron chi connectivity index (χ2n) is 7.56. The molecule has 6 heteroatoms. The second-order valence-corrected chi connectivity index (χ2v) is 7.56. The Hall–Kier alpha value is -3.15. The molecule has 1 amide bonds. The molecule has 142 valence electrons. The Morgan fingerprint density at radius 2 is 2.04 bits per heavy atom. The summed E-state index contributed by atoms with van der Waals surface area (Å²) in [4.78, 5) is 34.5. The van der Waals surface area contributed by atoms with Gasteiger partial charge in [-0.1, -0.05) is 6.07 Å². The maximum Gasteiger partial charge on any atom is 0.337 e. The summed E-state index contributed by atoms with van der Waals surface area (Å²) >= 11 is 0. The minimum Gasteiger partial charge on any atom is -0.465 e. The van der Waals surface area contributed by atoms with Crippen LogP contribution in [-0.4, -0.2) is 46.4 Å².